The summed E-state index contributed by atoms with van der Waals surface area (Å²) >= 11 is 0. The van der Waals surface area contributed by atoms with Crippen molar-refractivity contribution in [2.24, 2.45) is 0 Å². The summed E-state index contributed by atoms with van der Waals surface area (Å²) in [7, 11) is 0. The van der Waals surface area contributed by atoms with Crippen LogP contribution in [0.1, 0.15) is 52.4 Å². The standard InChI is InChI=1S/C13H24N2O/c1-10-7-8-12(11(2)14-10)15-9-5-3-4-6-13(15)16/h10-12,14H,3-9H2,1-2H3. The fourth-order valence-electron chi connectivity index (χ4n) is 3.09. The zero-order valence-electron chi connectivity index (χ0n) is 10.5. The predicted octanol–water partition coefficient (Wildman–Crippen LogP) is 1.92. The Morgan fingerprint density at radius 2 is 2.00 bits per heavy atom. The van der Waals surface area contributed by atoms with Gasteiger partial charge in [-0.2, -0.15) is 0 Å². The van der Waals surface area contributed by atoms with E-state index in [2.05, 4.69) is 24.1 Å². The van der Waals surface area contributed by atoms with Gasteiger partial charge in [0.25, 0.3) is 0 Å². The minimum atomic E-state index is 0.380. The van der Waals surface area contributed by atoms with E-state index in [4.69, 9.17) is 0 Å². The van der Waals surface area contributed by atoms with Crippen molar-refractivity contribution in [2.75, 3.05) is 6.54 Å². The number of hydrogen-bond acceptors (Lipinski definition) is 2. The second-order valence-electron chi connectivity index (χ2n) is 5.40. The fourth-order valence-corrected chi connectivity index (χ4v) is 3.09. The Morgan fingerprint density at radius 1 is 1.19 bits per heavy atom. The smallest absolute Gasteiger partial charge is 0.222 e. The first-order valence-corrected chi connectivity index (χ1v) is 6.74. The van der Waals surface area contributed by atoms with Crippen LogP contribution >= 0.6 is 0 Å². The van der Waals surface area contributed by atoms with Crippen molar-refractivity contribution in [2.45, 2.75) is 70.5 Å². The molecule has 1 N–H and O–H groups in total. The zero-order valence-corrected chi connectivity index (χ0v) is 10.5. The number of hydrogen-bond donors (Lipinski definition) is 1. The van der Waals surface area contributed by atoms with Crippen LogP contribution in [-0.4, -0.2) is 35.5 Å². The Hall–Kier alpha value is -0.570. The molecular weight excluding hydrogens is 200 g/mol. The molecule has 2 heterocycles. The highest BCUT2D eigenvalue weighted by Crippen LogP contribution is 2.22. The van der Waals surface area contributed by atoms with Crippen molar-refractivity contribution in [3.8, 4) is 0 Å². The van der Waals surface area contributed by atoms with E-state index in [1.165, 1.54) is 25.7 Å². The largest absolute Gasteiger partial charge is 0.338 e. The topological polar surface area (TPSA) is 32.3 Å². The highest BCUT2D eigenvalue weighted by Gasteiger charge is 2.32. The third-order valence-electron chi connectivity index (χ3n) is 4.03. The molecule has 2 saturated heterocycles. The van der Waals surface area contributed by atoms with Gasteiger partial charge in [0.05, 0.1) is 0 Å². The summed E-state index contributed by atoms with van der Waals surface area (Å²) in [6.45, 7) is 5.43. The Bertz CT molecular complexity index is 254. The molecule has 2 aliphatic heterocycles. The van der Waals surface area contributed by atoms with E-state index >= 15 is 0 Å². The van der Waals surface area contributed by atoms with Gasteiger partial charge >= 0.3 is 0 Å². The number of rotatable bonds is 1. The highest BCUT2D eigenvalue weighted by molar-refractivity contribution is 5.76. The molecule has 1 amide bonds. The third-order valence-corrected chi connectivity index (χ3v) is 4.03. The van der Waals surface area contributed by atoms with Crippen LogP contribution in [0.5, 0.6) is 0 Å². The second-order valence-corrected chi connectivity index (χ2v) is 5.40. The van der Waals surface area contributed by atoms with E-state index in [1.54, 1.807) is 0 Å². The number of likely N-dealkylation sites (tertiary alicyclic amines) is 1. The summed E-state index contributed by atoms with van der Waals surface area (Å²) in [5.74, 6) is 0.380. The second kappa shape index (κ2) is 5.17. The number of amides is 1. The number of piperidine rings is 1. The monoisotopic (exact) mass is 224 g/mol. The van der Waals surface area contributed by atoms with Crippen molar-refractivity contribution < 1.29 is 4.79 Å². The maximum absolute atomic E-state index is 12.0. The van der Waals surface area contributed by atoms with Crippen LogP contribution < -0.4 is 5.32 Å². The summed E-state index contributed by atoms with van der Waals surface area (Å²) in [5.41, 5.74) is 0. The molecule has 3 atom stereocenters. The first-order chi connectivity index (χ1) is 7.68. The average Bonchev–Trinajstić information content (AvgIpc) is 2.44. The summed E-state index contributed by atoms with van der Waals surface area (Å²) in [4.78, 5) is 14.2. The Labute approximate surface area is 98.6 Å². The van der Waals surface area contributed by atoms with Crippen LogP contribution in [0, 0.1) is 0 Å². The van der Waals surface area contributed by atoms with Gasteiger partial charge in [0.15, 0.2) is 0 Å². The van der Waals surface area contributed by atoms with Gasteiger partial charge in [0.1, 0.15) is 0 Å². The average molecular weight is 224 g/mol. The molecule has 0 aromatic carbocycles. The van der Waals surface area contributed by atoms with Crippen molar-refractivity contribution in [1.82, 2.24) is 10.2 Å². The number of nitrogens with one attached hydrogen (secondary N) is 1. The Morgan fingerprint density at radius 3 is 2.75 bits per heavy atom. The molecule has 3 nitrogen and oxygen atoms in total. The number of carbonyl (C=O) groups excluding carboxylic acids is 1. The lowest BCUT2D eigenvalue weighted by Gasteiger charge is -2.41. The molecule has 0 saturated carbocycles. The van der Waals surface area contributed by atoms with E-state index in [1.807, 2.05) is 0 Å². The van der Waals surface area contributed by atoms with Gasteiger partial charge in [-0.1, -0.05) is 6.42 Å². The maximum Gasteiger partial charge on any atom is 0.222 e. The van der Waals surface area contributed by atoms with Crippen LogP contribution in [0.25, 0.3) is 0 Å². The molecule has 3 unspecified atom stereocenters. The Balaban J connectivity index is 2.01. The van der Waals surface area contributed by atoms with E-state index in [-0.39, 0.29) is 0 Å². The zero-order chi connectivity index (χ0) is 11.5. The lowest BCUT2D eigenvalue weighted by atomic mass is 9.93. The SMILES string of the molecule is CC1CCC(N2CCCCCC2=O)C(C)N1. The van der Waals surface area contributed by atoms with Crippen LogP contribution in [0.4, 0.5) is 0 Å². The van der Waals surface area contributed by atoms with Crippen molar-refractivity contribution >= 4 is 5.91 Å². The summed E-state index contributed by atoms with van der Waals surface area (Å²) in [6.07, 6.45) is 6.61. The highest BCUT2D eigenvalue weighted by atomic mass is 16.2. The first kappa shape index (κ1) is 11.9. The van der Waals surface area contributed by atoms with Gasteiger partial charge in [0.2, 0.25) is 5.91 Å². The number of carbonyl (C=O) groups is 1. The molecule has 0 aromatic heterocycles. The van der Waals surface area contributed by atoms with Crippen LogP contribution in [-0.2, 0) is 4.79 Å². The molecule has 0 aliphatic carbocycles. The van der Waals surface area contributed by atoms with Gasteiger partial charge in [0, 0.05) is 31.1 Å². The number of nitrogens with zero attached hydrogens (tertiary/aromatic N) is 1. The molecule has 0 radical (unpaired) electrons. The molecule has 92 valence electrons. The molecule has 0 aromatic rings. The van der Waals surface area contributed by atoms with Gasteiger partial charge in [-0.05, 0) is 39.5 Å². The molecule has 2 fully saturated rings. The van der Waals surface area contributed by atoms with Crippen molar-refractivity contribution in [3.63, 3.8) is 0 Å². The van der Waals surface area contributed by atoms with Crippen LogP contribution in [0.3, 0.4) is 0 Å². The van der Waals surface area contributed by atoms with Gasteiger partial charge in [-0.15, -0.1) is 0 Å². The van der Waals surface area contributed by atoms with Crippen molar-refractivity contribution in [3.05, 3.63) is 0 Å². The first-order valence-electron chi connectivity index (χ1n) is 6.74. The van der Waals surface area contributed by atoms with E-state index in [0.717, 1.165) is 19.4 Å². The Kier molecular flexibility index (Phi) is 3.85. The quantitative estimate of drug-likeness (QED) is 0.738. The van der Waals surface area contributed by atoms with Crippen LogP contribution in [0.2, 0.25) is 0 Å². The fraction of sp³-hybridized carbons (Fsp3) is 0.923. The van der Waals surface area contributed by atoms with Gasteiger partial charge in [-0.25, -0.2) is 0 Å². The minimum Gasteiger partial charge on any atom is -0.338 e. The van der Waals surface area contributed by atoms with E-state index in [9.17, 15) is 4.79 Å². The molecule has 16 heavy (non-hydrogen) atoms. The summed E-state index contributed by atoms with van der Waals surface area (Å²) in [6, 6.07) is 1.49. The minimum absolute atomic E-state index is 0.380. The van der Waals surface area contributed by atoms with Gasteiger partial charge < -0.3 is 10.2 Å². The maximum atomic E-state index is 12.0. The van der Waals surface area contributed by atoms with Gasteiger partial charge in [-0.3, -0.25) is 4.79 Å². The third kappa shape index (κ3) is 2.57. The molecular formula is C13H24N2O. The summed E-state index contributed by atoms with van der Waals surface area (Å²) in [5, 5.41) is 3.57. The normalized spacial score (nSPS) is 37.2. The lowest BCUT2D eigenvalue weighted by Crippen LogP contribution is -2.56. The molecule has 2 rings (SSSR count). The lowest BCUT2D eigenvalue weighted by molar-refractivity contribution is -0.134. The summed E-state index contributed by atoms with van der Waals surface area (Å²) < 4.78 is 0. The molecule has 0 bridgehead atoms. The van der Waals surface area contributed by atoms with E-state index < -0.39 is 0 Å². The molecule has 0 spiro atoms. The predicted molar refractivity (Wildman–Crippen MR) is 65.3 cm³/mol. The molecule has 3 heteroatoms. The van der Waals surface area contributed by atoms with Crippen molar-refractivity contribution in [1.29, 1.82) is 0 Å². The molecule has 2 aliphatic rings. The van der Waals surface area contributed by atoms with Crippen LogP contribution in [0.15, 0.2) is 0 Å². The van der Waals surface area contributed by atoms with E-state index in [0.29, 0.717) is 24.0 Å².